The summed E-state index contributed by atoms with van der Waals surface area (Å²) in [6.07, 6.45) is 1.91. The second-order valence-corrected chi connectivity index (χ2v) is 8.19. The fourth-order valence-corrected chi connectivity index (χ4v) is 4.23. The average molecular weight is 385 g/mol. The zero-order valence-electron chi connectivity index (χ0n) is 15.7. The highest BCUT2D eigenvalue weighted by molar-refractivity contribution is 7.90. The predicted octanol–water partition coefficient (Wildman–Crippen LogP) is 3.97. The maximum atomic E-state index is 12.6. The predicted molar refractivity (Wildman–Crippen MR) is 108 cm³/mol. The summed E-state index contributed by atoms with van der Waals surface area (Å²) in [6.45, 7) is 6.41. The molecule has 1 amide bonds. The Morgan fingerprint density at radius 2 is 1.81 bits per heavy atom. The van der Waals surface area contributed by atoms with Crippen LogP contribution in [0.4, 0.5) is 11.4 Å². The molecule has 7 heteroatoms. The Labute approximate surface area is 160 Å². The molecular formula is C20H23N3O3S. The number of unbranched alkanes of at least 4 members (excludes halogenated alkanes) is 1. The molecule has 6 nitrogen and oxygen atoms in total. The van der Waals surface area contributed by atoms with Gasteiger partial charge in [0.15, 0.2) is 0 Å². The van der Waals surface area contributed by atoms with E-state index in [1.165, 1.54) is 6.07 Å². The molecule has 0 bridgehead atoms. The molecule has 0 saturated heterocycles. The van der Waals surface area contributed by atoms with E-state index in [0.717, 1.165) is 18.4 Å². The van der Waals surface area contributed by atoms with Crippen LogP contribution in [0.5, 0.6) is 0 Å². The third kappa shape index (κ3) is 4.03. The van der Waals surface area contributed by atoms with Crippen LogP contribution in [0.3, 0.4) is 0 Å². The molecule has 3 rings (SSSR count). The fourth-order valence-electron chi connectivity index (χ4n) is 2.97. The zero-order valence-corrected chi connectivity index (χ0v) is 16.5. The molecule has 2 aromatic rings. The zero-order chi connectivity index (χ0) is 19.6. The highest BCUT2D eigenvalue weighted by atomic mass is 32.2. The number of aryl methyl sites for hydroxylation is 1. The van der Waals surface area contributed by atoms with Gasteiger partial charge in [0, 0.05) is 17.8 Å². The number of amidine groups is 1. The van der Waals surface area contributed by atoms with Crippen molar-refractivity contribution in [2.24, 2.45) is 4.40 Å². The number of hydrogen-bond acceptors (Lipinski definition) is 4. The van der Waals surface area contributed by atoms with Crippen molar-refractivity contribution in [3.8, 4) is 0 Å². The first-order chi connectivity index (χ1) is 12.8. The summed E-state index contributed by atoms with van der Waals surface area (Å²) < 4.78 is 28.9. The Balaban J connectivity index is 1.93. The van der Waals surface area contributed by atoms with Crippen molar-refractivity contribution in [1.29, 1.82) is 0 Å². The monoisotopic (exact) mass is 385 g/mol. The Morgan fingerprint density at radius 1 is 1.11 bits per heavy atom. The molecule has 27 heavy (non-hydrogen) atoms. The van der Waals surface area contributed by atoms with E-state index in [2.05, 4.69) is 16.6 Å². The van der Waals surface area contributed by atoms with E-state index in [-0.39, 0.29) is 16.4 Å². The molecule has 0 saturated carbocycles. The van der Waals surface area contributed by atoms with E-state index in [0.29, 0.717) is 23.8 Å². The van der Waals surface area contributed by atoms with Gasteiger partial charge in [-0.25, -0.2) is 0 Å². The second kappa shape index (κ2) is 7.52. The second-order valence-electron chi connectivity index (χ2n) is 6.62. The van der Waals surface area contributed by atoms with E-state index in [9.17, 15) is 13.2 Å². The molecule has 0 atom stereocenters. The van der Waals surface area contributed by atoms with Crippen LogP contribution in [-0.2, 0) is 10.0 Å². The van der Waals surface area contributed by atoms with Gasteiger partial charge in [-0.3, -0.25) is 4.79 Å². The van der Waals surface area contributed by atoms with E-state index in [1.54, 1.807) is 19.1 Å². The number of anilines is 2. The van der Waals surface area contributed by atoms with Gasteiger partial charge in [0.05, 0.1) is 5.69 Å². The van der Waals surface area contributed by atoms with E-state index >= 15 is 0 Å². The number of nitrogens with zero attached hydrogens (tertiary/aromatic N) is 2. The lowest BCUT2D eigenvalue weighted by molar-refractivity contribution is 0.102. The topological polar surface area (TPSA) is 78.8 Å². The molecular weight excluding hydrogens is 362 g/mol. The minimum absolute atomic E-state index is 0.0701. The van der Waals surface area contributed by atoms with Crippen LogP contribution < -0.4 is 10.2 Å². The first kappa shape index (κ1) is 19.1. The largest absolute Gasteiger partial charge is 0.328 e. The maximum Gasteiger partial charge on any atom is 0.286 e. The number of benzene rings is 2. The van der Waals surface area contributed by atoms with Crippen molar-refractivity contribution in [2.45, 2.75) is 38.5 Å². The quantitative estimate of drug-likeness (QED) is 0.844. The lowest BCUT2D eigenvalue weighted by Gasteiger charge is -2.29. The molecule has 0 aromatic heterocycles. The number of rotatable bonds is 5. The summed E-state index contributed by atoms with van der Waals surface area (Å²) in [7, 11) is -3.82. The smallest absolute Gasteiger partial charge is 0.286 e. The van der Waals surface area contributed by atoms with Crippen molar-refractivity contribution in [3.05, 3.63) is 53.6 Å². The highest BCUT2D eigenvalue weighted by Gasteiger charge is 2.29. The van der Waals surface area contributed by atoms with Gasteiger partial charge in [-0.15, -0.1) is 4.40 Å². The fraction of sp³-hybridized carbons (Fsp3) is 0.300. The van der Waals surface area contributed by atoms with Crippen LogP contribution in [0.25, 0.3) is 0 Å². The molecule has 2 aromatic carbocycles. The number of amides is 1. The molecule has 0 spiro atoms. The number of fused-ring (bicyclic) bond motifs is 1. The van der Waals surface area contributed by atoms with E-state index in [1.807, 2.05) is 36.1 Å². The lowest BCUT2D eigenvalue weighted by atomic mass is 10.1. The summed E-state index contributed by atoms with van der Waals surface area (Å²) in [5, 5.41) is 2.79. The minimum Gasteiger partial charge on any atom is -0.328 e. The van der Waals surface area contributed by atoms with Crippen molar-refractivity contribution < 1.29 is 13.2 Å². The molecule has 1 aliphatic heterocycles. The molecule has 1 N–H and O–H groups in total. The van der Waals surface area contributed by atoms with Crippen LogP contribution in [0.1, 0.15) is 42.6 Å². The Hall–Kier alpha value is -2.67. The first-order valence-electron chi connectivity index (χ1n) is 8.93. The molecule has 0 radical (unpaired) electrons. The number of sulfonamides is 1. The van der Waals surface area contributed by atoms with Crippen LogP contribution >= 0.6 is 0 Å². The number of nitrogens with one attached hydrogen (secondary N) is 1. The van der Waals surface area contributed by atoms with Gasteiger partial charge in [-0.05, 0) is 50.6 Å². The van der Waals surface area contributed by atoms with Crippen LogP contribution in [0.2, 0.25) is 0 Å². The molecule has 142 valence electrons. The number of carbonyl (C=O) groups excluding carboxylic acids is 1. The summed E-state index contributed by atoms with van der Waals surface area (Å²) in [4.78, 5) is 14.5. The van der Waals surface area contributed by atoms with Crippen molar-refractivity contribution in [1.82, 2.24) is 0 Å². The minimum atomic E-state index is -3.82. The number of hydrogen-bond donors (Lipinski definition) is 1. The van der Waals surface area contributed by atoms with Crippen molar-refractivity contribution >= 4 is 33.1 Å². The van der Waals surface area contributed by atoms with Gasteiger partial charge in [0.25, 0.3) is 15.9 Å². The molecule has 0 aliphatic carbocycles. The third-order valence-electron chi connectivity index (χ3n) is 4.48. The summed E-state index contributed by atoms with van der Waals surface area (Å²) in [6, 6.07) is 12.2. The molecule has 1 aliphatic rings. The normalized spacial score (nSPS) is 15.1. The van der Waals surface area contributed by atoms with Gasteiger partial charge in [-0.2, -0.15) is 8.42 Å². The highest BCUT2D eigenvalue weighted by Crippen LogP contribution is 2.33. The first-order valence-corrected chi connectivity index (χ1v) is 10.4. The Bertz CT molecular complexity index is 996. The van der Waals surface area contributed by atoms with Gasteiger partial charge in [0.1, 0.15) is 10.7 Å². The molecule has 0 unspecified atom stereocenters. The van der Waals surface area contributed by atoms with Gasteiger partial charge < -0.3 is 10.2 Å². The molecule has 1 heterocycles. The lowest BCUT2D eigenvalue weighted by Crippen LogP contribution is -2.34. The van der Waals surface area contributed by atoms with Crippen LogP contribution in [-0.4, -0.2) is 26.7 Å². The van der Waals surface area contributed by atoms with Crippen molar-refractivity contribution in [2.75, 3.05) is 16.8 Å². The number of carbonyl (C=O) groups is 1. The third-order valence-corrected chi connectivity index (χ3v) is 5.87. The van der Waals surface area contributed by atoms with Crippen LogP contribution in [0, 0.1) is 6.92 Å². The summed E-state index contributed by atoms with van der Waals surface area (Å²) >= 11 is 0. The van der Waals surface area contributed by atoms with Gasteiger partial charge >= 0.3 is 0 Å². The van der Waals surface area contributed by atoms with E-state index < -0.39 is 10.0 Å². The van der Waals surface area contributed by atoms with Crippen molar-refractivity contribution in [3.63, 3.8) is 0 Å². The SMILES string of the molecule is CCCCN1C(C)=NS(=O)(=O)c2cc(C(=O)Nc3ccc(C)cc3)ccc21. The summed E-state index contributed by atoms with van der Waals surface area (Å²) in [5.41, 5.74) is 2.60. The van der Waals surface area contributed by atoms with Gasteiger partial charge in [-0.1, -0.05) is 31.0 Å². The van der Waals surface area contributed by atoms with Gasteiger partial charge in [0.2, 0.25) is 0 Å². The van der Waals surface area contributed by atoms with Crippen LogP contribution in [0.15, 0.2) is 51.8 Å². The average Bonchev–Trinajstić information content (AvgIpc) is 2.63. The maximum absolute atomic E-state index is 12.6. The summed E-state index contributed by atoms with van der Waals surface area (Å²) in [5.74, 6) is 0.0936. The Morgan fingerprint density at radius 3 is 2.48 bits per heavy atom. The Kier molecular flexibility index (Phi) is 5.32. The molecule has 0 fully saturated rings. The standard InChI is InChI=1S/C20H23N3O3S/c1-4-5-12-23-15(3)22-27(25,26)19-13-16(8-11-18(19)23)20(24)21-17-9-6-14(2)7-10-17/h6-11,13H,4-5,12H2,1-3H3,(H,21,24). The van der Waals surface area contributed by atoms with E-state index in [4.69, 9.17) is 0 Å².